The summed E-state index contributed by atoms with van der Waals surface area (Å²) in [6.45, 7) is 0. The Morgan fingerprint density at radius 2 is 1.86 bits per heavy atom. The Hall–Kier alpha value is -2.10. The highest BCUT2D eigenvalue weighted by atomic mass is 16.1. The van der Waals surface area contributed by atoms with E-state index in [4.69, 9.17) is 5.73 Å². The predicted molar refractivity (Wildman–Crippen MR) is 54.4 cm³/mol. The van der Waals surface area contributed by atoms with Crippen molar-refractivity contribution in [2.45, 2.75) is 0 Å². The maximum atomic E-state index is 11.4. The van der Waals surface area contributed by atoms with Crippen LogP contribution in [0.4, 0.5) is 5.82 Å². The van der Waals surface area contributed by atoms with E-state index in [0.717, 1.165) is 0 Å². The largest absolute Gasteiger partial charge is 0.385 e. The minimum absolute atomic E-state index is 0.115. The van der Waals surface area contributed by atoms with Gasteiger partial charge in [-0.25, -0.2) is 0 Å². The molecule has 0 atom stereocenters. The standard InChI is InChI=1S/C10H8N2O2/c11-9-8(5-13)6-3-1-2-4-7(6)10(14)12-9/h1-5H,(H3,11,12,14). The molecule has 0 aliphatic heterocycles. The van der Waals surface area contributed by atoms with Gasteiger partial charge >= 0.3 is 0 Å². The van der Waals surface area contributed by atoms with Gasteiger partial charge in [-0.3, -0.25) is 9.59 Å². The van der Waals surface area contributed by atoms with E-state index in [1.54, 1.807) is 24.3 Å². The minimum atomic E-state index is -0.274. The van der Waals surface area contributed by atoms with Crippen molar-refractivity contribution in [2.24, 2.45) is 0 Å². The number of nitrogen functional groups attached to an aromatic ring is 1. The molecule has 0 radical (unpaired) electrons. The highest BCUT2D eigenvalue weighted by Crippen LogP contribution is 2.16. The molecular formula is C10H8N2O2. The number of H-pyrrole nitrogens is 1. The van der Waals surface area contributed by atoms with Gasteiger partial charge in [-0.2, -0.15) is 0 Å². The third-order valence-corrected chi connectivity index (χ3v) is 2.12. The second kappa shape index (κ2) is 2.99. The SMILES string of the molecule is Nc1[nH]c(=O)c2ccccc2c1C=O. The predicted octanol–water partition coefficient (Wildman–Crippen LogP) is 0.923. The molecule has 1 aromatic carbocycles. The summed E-state index contributed by atoms with van der Waals surface area (Å²) in [5.41, 5.74) is 5.57. The van der Waals surface area contributed by atoms with Crippen molar-refractivity contribution < 1.29 is 4.79 Å². The molecule has 1 heterocycles. The maximum absolute atomic E-state index is 11.4. The summed E-state index contributed by atoms with van der Waals surface area (Å²) >= 11 is 0. The van der Waals surface area contributed by atoms with E-state index in [2.05, 4.69) is 4.98 Å². The van der Waals surface area contributed by atoms with Gasteiger partial charge in [-0.15, -0.1) is 0 Å². The zero-order chi connectivity index (χ0) is 10.1. The third-order valence-electron chi connectivity index (χ3n) is 2.12. The molecule has 2 rings (SSSR count). The van der Waals surface area contributed by atoms with Crippen LogP contribution in [-0.2, 0) is 0 Å². The number of pyridine rings is 1. The van der Waals surface area contributed by atoms with E-state index in [1.807, 2.05) is 0 Å². The number of carbonyl (C=O) groups is 1. The second-order valence-electron chi connectivity index (χ2n) is 2.94. The van der Waals surface area contributed by atoms with Gasteiger partial charge in [0.2, 0.25) is 0 Å². The Kier molecular flexibility index (Phi) is 1.81. The van der Waals surface area contributed by atoms with Crippen molar-refractivity contribution in [3.63, 3.8) is 0 Å². The van der Waals surface area contributed by atoms with Crippen molar-refractivity contribution in [1.82, 2.24) is 4.98 Å². The van der Waals surface area contributed by atoms with Gasteiger partial charge in [0.1, 0.15) is 5.82 Å². The molecule has 70 valence electrons. The number of fused-ring (bicyclic) bond motifs is 1. The van der Waals surface area contributed by atoms with Crippen molar-refractivity contribution in [3.8, 4) is 0 Å². The number of rotatable bonds is 1. The molecule has 4 nitrogen and oxygen atoms in total. The fourth-order valence-electron chi connectivity index (χ4n) is 1.45. The molecule has 2 aromatic rings. The summed E-state index contributed by atoms with van der Waals surface area (Å²) in [6, 6.07) is 6.85. The Labute approximate surface area is 79.4 Å². The zero-order valence-electron chi connectivity index (χ0n) is 7.28. The molecular weight excluding hydrogens is 180 g/mol. The van der Waals surface area contributed by atoms with Crippen molar-refractivity contribution in [1.29, 1.82) is 0 Å². The lowest BCUT2D eigenvalue weighted by molar-refractivity contribution is 0.112. The van der Waals surface area contributed by atoms with Gasteiger partial charge in [-0.05, 0) is 6.07 Å². The van der Waals surface area contributed by atoms with Crippen molar-refractivity contribution >= 4 is 22.9 Å². The number of carbonyl (C=O) groups excluding carboxylic acids is 1. The summed E-state index contributed by atoms with van der Waals surface area (Å²) < 4.78 is 0. The highest BCUT2D eigenvalue weighted by Gasteiger charge is 2.06. The highest BCUT2D eigenvalue weighted by molar-refractivity contribution is 6.01. The minimum Gasteiger partial charge on any atom is -0.385 e. The van der Waals surface area contributed by atoms with E-state index in [0.29, 0.717) is 22.6 Å². The first-order chi connectivity index (χ1) is 6.74. The topological polar surface area (TPSA) is 76.0 Å². The molecule has 0 bridgehead atoms. The van der Waals surface area contributed by atoms with Crippen LogP contribution in [-0.4, -0.2) is 11.3 Å². The first-order valence-electron chi connectivity index (χ1n) is 4.09. The summed E-state index contributed by atoms with van der Waals surface area (Å²) in [6.07, 6.45) is 0.646. The van der Waals surface area contributed by atoms with E-state index in [9.17, 15) is 9.59 Å². The number of anilines is 1. The van der Waals surface area contributed by atoms with Gasteiger partial charge in [0.15, 0.2) is 6.29 Å². The van der Waals surface area contributed by atoms with Gasteiger partial charge in [0, 0.05) is 10.8 Å². The molecule has 0 unspecified atom stereocenters. The van der Waals surface area contributed by atoms with Crippen LogP contribution in [0, 0.1) is 0 Å². The molecule has 0 aliphatic rings. The Morgan fingerprint density at radius 1 is 1.21 bits per heavy atom. The monoisotopic (exact) mass is 188 g/mol. The van der Waals surface area contributed by atoms with Crippen LogP contribution in [0.5, 0.6) is 0 Å². The first-order valence-corrected chi connectivity index (χ1v) is 4.09. The fourth-order valence-corrected chi connectivity index (χ4v) is 1.45. The van der Waals surface area contributed by atoms with Crippen molar-refractivity contribution in [3.05, 3.63) is 40.2 Å². The number of nitrogens with two attached hydrogens (primary N) is 1. The summed E-state index contributed by atoms with van der Waals surface area (Å²) in [5, 5.41) is 1.06. The molecule has 0 aliphatic carbocycles. The van der Waals surface area contributed by atoms with Crippen molar-refractivity contribution in [2.75, 3.05) is 5.73 Å². The second-order valence-corrected chi connectivity index (χ2v) is 2.94. The average Bonchev–Trinajstić information content (AvgIpc) is 2.18. The van der Waals surface area contributed by atoms with Gasteiger partial charge in [0.05, 0.1) is 5.56 Å². The molecule has 0 fully saturated rings. The third kappa shape index (κ3) is 1.08. The Bertz CT molecular complexity index is 558. The number of aromatic nitrogens is 1. The van der Waals surface area contributed by atoms with Gasteiger partial charge in [0.25, 0.3) is 5.56 Å². The van der Waals surface area contributed by atoms with Crippen LogP contribution in [0.15, 0.2) is 29.1 Å². The van der Waals surface area contributed by atoms with E-state index in [1.165, 1.54) is 0 Å². The Morgan fingerprint density at radius 3 is 2.50 bits per heavy atom. The van der Waals surface area contributed by atoms with E-state index >= 15 is 0 Å². The number of aromatic amines is 1. The number of hydrogen-bond acceptors (Lipinski definition) is 3. The lowest BCUT2D eigenvalue weighted by Gasteiger charge is -2.02. The van der Waals surface area contributed by atoms with E-state index in [-0.39, 0.29) is 11.4 Å². The van der Waals surface area contributed by atoms with Crippen LogP contribution in [0.25, 0.3) is 10.8 Å². The van der Waals surface area contributed by atoms with Crippen LogP contribution >= 0.6 is 0 Å². The molecule has 3 N–H and O–H groups in total. The first kappa shape index (κ1) is 8.50. The van der Waals surface area contributed by atoms with Crippen LogP contribution in [0.3, 0.4) is 0 Å². The molecule has 0 saturated heterocycles. The smallest absolute Gasteiger partial charge is 0.257 e. The maximum Gasteiger partial charge on any atom is 0.257 e. The van der Waals surface area contributed by atoms with Gasteiger partial charge in [-0.1, -0.05) is 18.2 Å². The quantitative estimate of drug-likeness (QED) is 0.653. The van der Waals surface area contributed by atoms with Gasteiger partial charge < -0.3 is 10.7 Å². The molecule has 0 spiro atoms. The number of aldehydes is 1. The van der Waals surface area contributed by atoms with E-state index < -0.39 is 0 Å². The molecule has 4 heteroatoms. The van der Waals surface area contributed by atoms with Crippen LogP contribution in [0.2, 0.25) is 0 Å². The molecule has 1 aromatic heterocycles. The summed E-state index contributed by atoms with van der Waals surface area (Å²) in [7, 11) is 0. The van der Waals surface area contributed by atoms with Crippen LogP contribution in [0.1, 0.15) is 10.4 Å². The lowest BCUT2D eigenvalue weighted by Crippen LogP contribution is -2.11. The Balaban J connectivity index is 3.05. The molecule has 14 heavy (non-hydrogen) atoms. The molecule has 0 saturated carbocycles. The average molecular weight is 188 g/mol. The molecule has 0 amide bonds. The normalized spacial score (nSPS) is 10.3. The lowest BCUT2D eigenvalue weighted by atomic mass is 10.1. The fraction of sp³-hybridized carbons (Fsp3) is 0. The number of benzene rings is 1. The number of nitrogens with one attached hydrogen (secondary N) is 1. The van der Waals surface area contributed by atoms with Crippen LogP contribution < -0.4 is 11.3 Å². The summed E-state index contributed by atoms with van der Waals surface area (Å²) in [4.78, 5) is 24.6. The summed E-state index contributed by atoms with van der Waals surface area (Å²) in [5.74, 6) is 0.115. The zero-order valence-corrected chi connectivity index (χ0v) is 7.28. The number of hydrogen-bond donors (Lipinski definition) is 2.